The molecular weight excluding hydrogens is 332 g/mol. The SMILES string of the molecule is O=S(=O)(c1cncc(Br)c1)N1C2CCC1CC(O)C2. The summed E-state index contributed by atoms with van der Waals surface area (Å²) in [7, 11) is -3.51. The maximum atomic E-state index is 12.7. The van der Waals surface area contributed by atoms with Crippen LogP contribution in [0.1, 0.15) is 25.7 Å². The highest BCUT2D eigenvalue weighted by Crippen LogP contribution is 2.39. The highest BCUT2D eigenvalue weighted by atomic mass is 79.9. The first-order chi connectivity index (χ1) is 8.98. The topological polar surface area (TPSA) is 70.5 Å². The fraction of sp³-hybridized carbons (Fsp3) is 0.583. The molecule has 2 unspecified atom stereocenters. The molecular formula is C12H15BrN2O3S. The lowest BCUT2D eigenvalue weighted by Gasteiger charge is -2.35. The quantitative estimate of drug-likeness (QED) is 0.881. The van der Waals surface area contributed by atoms with Gasteiger partial charge in [-0.05, 0) is 47.7 Å². The number of aliphatic hydroxyl groups is 1. The number of pyridine rings is 1. The van der Waals surface area contributed by atoms with Gasteiger partial charge in [0.05, 0.1) is 6.10 Å². The Hall–Kier alpha value is -0.500. The highest BCUT2D eigenvalue weighted by molar-refractivity contribution is 9.10. The number of piperidine rings is 1. The second-order valence-electron chi connectivity index (χ2n) is 5.18. The number of nitrogens with zero attached hydrogens (tertiary/aromatic N) is 2. The van der Waals surface area contributed by atoms with Gasteiger partial charge < -0.3 is 5.11 Å². The second-order valence-corrected chi connectivity index (χ2v) is 7.94. The van der Waals surface area contributed by atoms with E-state index in [4.69, 9.17) is 0 Å². The molecule has 2 bridgehead atoms. The average molecular weight is 347 g/mol. The van der Waals surface area contributed by atoms with Crippen molar-refractivity contribution in [2.75, 3.05) is 0 Å². The summed E-state index contributed by atoms with van der Waals surface area (Å²) in [5.41, 5.74) is 0. The van der Waals surface area contributed by atoms with Crippen LogP contribution in [0.5, 0.6) is 0 Å². The van der Waals surface area contributed by atoms with E-state index >= 15 is 0 Å². The normalized spacial score (nSPS) is 31.6. The summed E-state index contributed by atoms with van der Waals surface area (Å²) in [4.78, 5) is 4.15. The Bertz CT molecular complexity index is 578. The Morgan fingerprint density at radius 2 is 1.89 bits per heavy atom. The lowest BCUT2D eigenvalue weighted by molar-refractivity contribution is 0.0768. The molecule has 3 rings (SSSR count). The molecule has 2 atom stereocenters. The molecule has 0 saturated carbocycles. The Balaban J connectivity index is 1.98. The maximum absolute atomic E-state index is 12.7. The van der Waals surface area contributed by atoms with Crippen LogP contribution in [0.3, 0.4) is 0 Å². The summed E-state index contributed by atoms with van der Waals surface area (Å²) in [6.07, 6.45) is 5.32. The fourth-order valence-electron chi connectivity index (χ4n) is 3.15. The number of rotatable bonds is 2. The van der Waals surface area contributed by atoms with Gasteiger partial charge in [0.15, 0.2) is 0 Å². The van der Waals surface area contributed by atoms with E-state index in [0.717, 1.165) is 12.8 Å². The monoisotopic (exact) mass is 346 g/mol. The van der Waals surface area contributed by atoms with Crippen LogP contribution in [0.4, 0.5) is 0 Å². The molecule has 19 heavy (non-hydrogen) atoms. The number of hydrogen-bond acceptors (Lipinski definition) is 4. The first-order valence-electron chi connectivity index (χ1n) is 6.30. The molecule has 104 valence electrons. The van der Waals surface area contributed by atoms with Crippen LogP contribution in [0.2, 0.25) is 0 Å². The van der Waals surface area contributed by atoms with Gasteiger partial charge >= 0.3 is 0 Å². The molecule has 0 radical (unpaired) electrons. The predicted octanol–water partition coefficient (Wildman–Crippen LogP) is 1.52. The van der Waals surface area contributed by atoms with Crippen molar-refractivity contribution in [1.82, 2.24) is 9.29 Å². The minimum absolute atomic E-state index is 0.0715. The average Bonchev–Trinajstić information content (AvgIpc) is 2.63. The van der Waals surface area contributed by atoms with E-state index in [0.29, 0.717) is 17.3 Å². The van der Waals surface area contributed by atoms with E-state index in [2.05, 4.69) is 20.9 Å². The van der Waals surface area contributed by atoms with Crippen LogP contribution in [0, 0.1) is 0 Å². The summed E-state index contributed by atoms with van der Waals surface area (Å²) in [6, 6.07) is 1.43. The second kappa shape index (κ2) is 4.80. The van der Waals surface area contributed by atoms with Crippen LogP contribution in [-0.2, 0) is 10.0 Å². The van der Waals surface area contributed by atoms with Gasteiger partial charge in [-0.2, -0.15) is 4.31 Å². The minimum atomic E-state index is -3.51. The van der Waals surface area contributed by atoms with E-state index in [1.165, 1.54) is 6.20 Å². The Labute approximate surface area is 120 Å². The summed E-state index contributed by atoms with van der Waals surface area (Å²) in [5.74, 6) is 0. The van der Waals surface area contributed by atoms with Crippen molar-refractivity contribution in [2.45, 2.75) is 48.8 Å². The number of aliphatic hydroxyl groups excluding tert-OH is 1. The number of fused-ring (bicyclic) bond motifs is 2. The third kappa shape index (κ3) is 2.33. The smallest absolute Gasteiger partial charge is 0.245 e. The highest BCUT2D eigenvalue weighted by Gasteiger charge is 2.46. The molecule has 2 fully saturated rings. The molecule has 0 aliphatic carbocycles. The number of sulfonamides is 1. The van der Waals surface area contributed by atoms with Crippen molar-refractivity contribution in [1.29, 1.82) is 0 Å². The van der Waals surface area contributed by atoms with Gasteiger partial charge in [-0.3, -0.25) is 4.98 Å². The van der Waals surface area contributed by atoms with Gasteiger partial charge in [-0.25, -0.2) is 8.42 Å². The van der Waals surface area contributed by atoms with Crippen LogP contribution < -0.4 is 0 Å². The Kier molecular flexibility index (Phi) is 3.41. The third-order valence-corrected chi connectivity index (χ3v) is 6.30. The van der Waals surface area contributed by atoms with Gasteiger partial charge in [0.2, 0.25) is 10.0 Å². The largest absolute Gasteiger partial charge is 0.393 e. The van der Waals surface area contributed by atoms with Gasteiger partial charge in [-0.1, -0.05) is 0 Å². The number of hydrogen-bond donors (Lipinski definition) is 1. The number of halogens is 1. The molecule has 2 saturated heterocycles. The summed E-state index contributed by atoms with van der Waals surface area (Å²) in [6.45, 7) is 0. The molecule has 5 nitrogen and oxygen atoms in total. The van der Waals surface area contributed by atoms with Crippen molar-refractivity contribution in [3.8, 4) is 0 Å². The van der Waals surface area contributed by atoms with Crippen molar-refractivity contribution < 1.29 is 13.5 Å². The zero-order valence-electron chi connectivity index (χ0n) is 10.2. The molecule has 7 heteroatoms. The first-order valence-corrected chi connectivity index (χ1v) is 8.54. The van der Waals surface area contributed by atoms with E-state index in [1.54, 1.807) is 16.6 Å². The Morgan fingerprint density at radius 1 is 1.26 bits per heavy atom. The summed E-state index contributed by atoms with van der Waals surface area (Å²) >= 11 is 3.25. The zero-order valence-corrected chi connectivity index (χ0v) is 12.6. The van der Waals surface area contributed by atoms with Gasteiger partial charge in [0.1, 0.15) is 4.90 Å². The maximum Gasteiger partial charge on any atom is 0.245 e. The predicted molar refractivity (Wildman–Crippen MR) is 73.0 cm³/mol. The standard InChI is InChI=1S/C12H15BrN2O3S/c13-8-3-12(7-14-6-8)19(17,18)15-9-1-2-10(15)5-11(16)4-9/h3,6-7,9-11,16H,1-2,4-5H2. The molecule has 1 aromatic rings. The van der Waals surface area contributed by atoms with E-state index in [1.807, 2.05) is 0 Å². The lowest BCUT2D eigenvalue weighted by atomic mass is 10.0. The van der Waals surface area contributed by atoms with Gasteiger partial charge in [0.25, 0.3) is 0 Å². The molecule has 1 N–H and O–H groups in total. The molecule has 1 aromatic heterocycles. The lowest BCUT2D eigenvalue weighted by Crippen LogP contribution is -2.47. The van der Waals surface area contributed by atoms with Crippen LogP contribution in [0.25, 0.3) is 0 Å². The van der Waals surface area contributed by atoms with Crippen molar-refractivity contribution in [2.24, 2.45) is 0 Å². The molecule has 3 heterocycles. The van der Waals surface area contributed by atoms with Crippen molar-refractivity contribution in [3.63, 3.8) is 0 Å². The van der Waals surface area contributed by atoms with Crippen LogP contribution >= 0.6 is 15.9 Å². The van der Waals surface area contributed by atoms with Crippen molar-refractivity contribution >= 4 is 26.0 Å². The Morgan fingerprint density at radius 3 is 2.47 bits per heavy atom. The minimum Gasteiger partial charge on any atom is -0.393 e. The molecule has 0 amide bonds. The molecule has 2 aliphatic heterocycles. The zero-order chi connectivity index (χ0) is 13.6. The first kappa shape index (κ1) is 13.5. The molecule has 0 aromatic carbocycles. The third-order valence-electron chi connectivity index (χ3n) is 3.90. The van der Waals surface area contributed by atoms with Gasteiger partial charge in [0, 0.05) is 29.0 Å². The number of aromatic nitrogens is 1. The van der Waals surface area contributed by atoms with E-state index < -0.39 is 10.0 Å². The summed E-state index contributed by atoms with van der Waals surface area (Å²) < 4.78 is 27.6. The fourth-order valence-corrected chi connectivity index (χ4v) is 5.55. The van der Waals surface area contributed by atoms with Gasteiger partial charge in [-0.15, -0.1) is 0 Å². The molecule has 2 aliphatic rings. The summed E-state index contributed by atoms with van der Waals surface area (Å²) in [5, 5.41) is 9.75. The van der Waals surface area contributed by atoms with Crippen LogP contribution in [0.15, 0.2) is 27.8 Å². The van der Waals surface area contributed by atoms with E-state index in [9.17, 15) is 13.5 Å². The van der Waals surface area contributed by atoms with E-state index in [-0.39, 0.29) is 23.1 Å². The molecule has 0 spiro atoms. The van der Waals surface area contributed by atoms with Crippen LogP contribution in [-0.4, -0.2) is 41.0 Å². The van der Waals surface area contributed by atoms with Crippen molar-refractivity contribution in [3.05, 3.63) is 22.9 Å².